The first-order chi connectivity index (χ1) is 13.0. The molecule has 7 heteroatoms. The third-order valence-electron chi connectivity index (χ3n) is 7.30. The summed E-state index contributed by atoms with van der Waals surface area (Å²) in [5.41, 5.74) is -0.0890. The highest BCUT2D eigenvalue weighted by molar-refractivity contribution is 6.62. The second-order valence-electron chi connectivity index (χ2n) is 9.92. The predicted molar refractivity (Wildman–Crippen MR) is 109 cm³/mol. The van der Waals surface area contributed by atoms with Crippen LogP contribution in [0.3, 0.4) is 0 Å². The molecule has 1 aromatic rings. The number of esters is 1. The maximum absolute atomic E-state index is 12.1. The first kappa shape index (κ1) is 19.7. The third-order valence-corrected chi connectivity index (χ3v) is 7.30. The largest absolute Gasteiger partial charge is 0.496 e. The van der Waals surface area contributed by atoms with E-state index in [-0.39, 0.29) is 29.7 Å². The van der Waals surface area contributed by atoms with Gasteiger partial charge in [0.2, 0.25) is 0 Å². The quantitative estimate of drug-likeness (QED) is 0.587. The minimum atomic E-state index is -0.384. The van der Waals surface area contributed by atoms with Crippen molar-refractivity contribution in [3.8, 4) is 0 Å². The Morgan fingerprint density at radius 2 is 1.68 bits per heavy atom. The highest BCUT2D eigenvalue weighted by atomic mass is 16.7. The van der Waals surface area contributed by atoms with Crippen molar-refractivity contribution in [1.29, 1.82) is 0 Å². The van der Waals surface area contributed by atoms with E-state index in [1.165, 1.54) is 7.11 Å². The molecule has 1 saturated carbocycles. The van der Waals surface area contributed by atoms with E-state index in [1.54, 1.807) is 0 Å². The first-order valence-electron chi connectivity index (χ1n) is 10.2. The van der Waals surface area contributed by atoms with Gasteiger partial charge in [-0.05, 0) is 65.4 Å². The Balaban J connectivity index is 1.41. The van der Waals surface area contributed by atoms with E-state index in [0.717, 1.165) is 37.2 Å². The van der Waals surface area contributed by atoms with Gasteiger partial charge in [0.05, 0.1) is 23.7 Å². The molecule has 3 atom stereocenters. The van der Waals surface area contributed by atoms with Crippen LogP contribution in [-0.4, -0.2) is 49.5 Å². The van der Waals surface area contributed by atoms with Gasteiger partial charge in [-0.25, -0.2) is 4.98 Å². The third kappa shape index (κ3) is 3.13. The lowest BCUT2D eigenvalue weighted by atomic mass is 9.80. The summed E-state index contributed by atoms with van der Waals surface area (Å²) < 4.78 is 17.2. The van der Waals surface area contributed by atoms with Crippen LogP contribution in [0.2, 0.25) is 0 Å². The highest BCUT2D eigenvalue weighted by Gasteiger charge is 2.52. The summed E-state index contributed by atoms with van der Waals surface area (Å²) >= 11 is 0. The van der Waals surface area contributed by atoms with Crippen molar-refractivity contribution in [2.45, 2.75) is 58.7 Å². The molecule has 3 aliphatic rings. The minimum Gasteiger partial charge on any atom is -0.469 e. The van der Waals surface area contributed by atoms with Crippen LogP contribution >= 0.6 is 0 Å². The van der Waals surface area contributed by atoms with E-state index in [2.05, 4.69) is 44.7 Å². The number of aromatic nitrogens is 1. The number of hydrogen-bond donors (Lipinski definition) is 0. The van der Waals surface area contributed by atoms with Crippen LogP contribution in [0.4, 0.5) is 5.82 Å². The second-order valence-corrected chi connectivity index (χ2v) is 9.92. The zero-order valence-corrected chi connectivity index (χ0v) is 17.8. The number of methoxy groups -OCH3 is 1. The van der Waals surface area contributed by atoms with Gasteiger partial charge < -0.3 is 18.9 Å². The Kier molecular flexibility index (Phi) is 4.55. The molecule has 0 bridgehead atoms. The van der Waals surface area contributed by atoms with Gasteiger partial charge >= 0.3 is 13.1 Å². The minimum absolute atomic E-state index is 0.0710. The van der Waals surface area contributed by atoms with Crippen molar-refractivity contribution in [1.82, 2.24) is 4.98 Å². The molecule has 0 unspecified atom stereocenters. The van der Waals surface area contributed by atoms with Crippen molar-refractivity contribution >= 4 is 24.4 Å². The Morgan fingerprint density at radius 3 is 2.14 bits per heavy atom. The number of anilines is 1. The van der Waals surface area contributed by atoms with Crippen molar-refractivity contribution in [2.75, 3.05) is 25.1 Å². The fraction of sp³-hybridized carbons (Fsp3) is 0.714. The zero-order valence-electron chi connectivity index (χ0n) is 17.8. The van der Waals surface area contributed by atoms with E-state index in [9.17, 15) is 4.79 Å². The van der Waals surface area contributed by atoms with Crippen LogP contribution in [-0.2, 0) is 18.8 Å². The van der Waals surface area contributed by atoms with Gasteiger partial charge in [0.15, 0.2) is 0 Å². The Morgan fingerprint density at radius 1 is 1.11 bits per heavy atom. The lowest BCUT2D eigenvalue weighted by Gasteiger charge is -2.32. The molecule has 1 aliphatic carbocycles. The molecule has 2 saturated heterocycles. The van der Waals surface area contributed by atoms with Crippen LogP contribution < -0.4 is 10.4 Å². The zero-order chi connectivity index (χ0) is 20.3. The van der Waals surface area contributed by atoms with Crippen molar-refractivity contribution in [3.05, 3.63) is 18.3 Å². The van der Waals surface area contributed by atoms with Gasteiger partial charge in [-0.3, -0.25) is 4.79 Å². The van der Waals surface area contributed by atoms with E-state index in [0.29, 0.717) is 11.8 Å². The molecule has 3 heterocycles. The van der Waals surface area contributed by atoms with Gasteiger partial charge in [0.25, 0.3) is 0 Å². The fourth-order valence-corrected chi connectivity index (χ4v) is 4.95. The van der Waals surface area contributed by atoms with E-state index in [4.69, 9.17) is 19.0 Å². The molecule has 4 rings (SSSR count). The molecule has 152 valence electrons. The molecule has 3 fully saturated rings. The molecule has 2 aliphatic heterocycles. The maximum Gasteiger partial charge on any atom is 0.496 e. The van der Waals surface area contributed by atoms with Crippen molar-refractivity contribution in [3.63, 3.8) is 0 Å². The standard InChI is InChI=1S/C21H31BN2O4/c1-19(2)20(3,4)28-22(27-19)16-7-8-17(23-11-16)24-12-14-9-21(5,18(25)26-6)10-15(14)13-24/h7-8,11,14-15H,9-10,12-13H2,1-6H3/t14-,15+,21+. The van der Waals surface area contributed by atoms with Crippen LogP contribution in [0.5, 0.6) is 0 Å². The number of hydrogen-bond acceptors (Lipinski definition) is 6. The van der Waals surface area contributed by atoms with E-state index >= 15 is 0 Å². The summed E-state index contributed by atoms with van der Waals surface area (Å²) in [6, 6.07) is 4.11. The van der Waals surface area contributed by atoms with Gasteiger partial charge in [-0.2, -0.15) is 0 Å². The molecular formula is C21H31BN2O4. The van der Waals surface area contributed by atoms with Gasteiger partial charge in [0.1, 0.15) is 5.82 Å². The molecule has 0 N–H and O–H groups in total. The average molecular weight is 386 g/mol. The normalized spacial score (nSPS) is 33.2. The van der Waals surface area contributed by atoms with Crippen LogP contribution in [0.1, 0.15) is 47.5 Å². The molecule has 0 aromatic carbocycles. The molecule has 1 aromatic heterocycles. The predicted octanol–water partition coefficient (Wildman–Crippen LogP) is 2.41. The van der Waals surface area contributed by atoms with E-state index < -0.39 is 0 Å². The van der Waals surface area contributed by atoms with Crippen LogP contribution in [0.15, 0.2) is 18.3 Å². The van der Waals surface area contributed by atoms with Crippen molar-refractivity contribution < 1.29 is 18.8 Å². The maximum atomic E-state index is 12.1. The topological polar surface area (TPSA) is 60.9 Å². The number of fused-ring (bicyclic) bond motifs is 1. The van der Waals surface area contributed by atoms with Gasteiger partial charge in [-0.15, -0.1) is 0 Å². The Hall–Kier alpha value is -1.60. The summed E-state index contributed by atoms with van der Waals surface area (Å²) in [6.45, 7) is 12.2. The Labute approximate surface area is 168 Å². The molecule has 28 heavy (non-hydrogen) atoms. The number of pyridine rings is 1. The fourth-order valence-electron chi connectivity index (χ4n) is 4.95. The summed E-state index contributed by atoms with van der Waals surface area (Å²) in [4.78, 5) is 19.1. The number of rotatable bonds is 3. The SMILES string of the molecule is COC(=O)[C@]1(C)C[C@H]2CN(c3ccc(B4OC(C)(C)C(C)(C)O4)cn3)C[C@H]2C1. The second kappa shape index (κ2) is 6.46. The first-order valence-corrected chi connectivity index (χ1v) is 10.2. The summed E-state index contributed by atoms with van der Waals surface area (Å²) in [5.74, 6) is 1.95. The van der Waals surface area contributed by atoms with Crippen LogP contribution in [0, 0.1) is 17.3 Å². The van der Waals surface area contributed by atoms with Crippen LogP contribution in [0.25, 0.3) is 0 Å². The van der Waals surface area contributed by atoms with Crippen molar-refractivity contribution in [2.24, 2.45) is 17.3 Å². The molecule has 6 nitrogen and oxygen atoms in total. The summed E-state index contributed by atoms with van der Waals surface area (Å²) in [6.07, 6.45) is 3.66. The number of carbonyl (C=O) groups excluding carboxylic acids is 1. The summed E-state index contributed by atoms with van der Waals surface area (Å²) in [7, 11) is 1.10. The Bertz CT molecular complexity index is 734. The van der Waals surface area contributed by atoms with Gasteiger partial charge in [0, 0.05) is 24.7 Å². The molecular weight excluding hydrogens is 355 g/mol. The number of ether oxygens (including phenoxy) is 1. The smallest absolute Gasteiger partial charge is 0.469 e. The molecule has 0 spiro atoms. The van der Waals surface area contributed by atoms with E-state index in [1.807, 2.05) is 13.1 Å². The molecule has 0 radical (unpaired) electrons. The number of nitrogens with zero attached hydrogens (tertiary/aromatic N) is 2. The monoisotopic (exact) mass is 386 g/mol. The average Bonchev–Trinajstić information content (AvgIpc) is 3.22. The lowest BCUT2D eigenvalue weighted by molar-refractivity contribution is -0.151. The summed E-state index contributed by atoms with van der Waals surface area (Å²) in [5, 5.41) is 0. The lowest BCUT2D eigenvalue weighted by Crippen LogP contribution is -2.41. The molecule has 0 amide bonds. The number of carbonyl (C=O) groups is 1. The highest BCUT2D eigenvalue weighted by Crippen LogP contribution is 2.50. The van der Waals surface area contributed by atoms with Gasteiger partial charge in [-0.1, -0.05) is 6.07 Å².